The highest BCUT2D eigenvalue weighted by atomic mass is 16.3. The number of rotatable bonds is 8. The van der Waals surface area contributed by atoms with Crippen LogP contribution in [0.15, 0.2) is 40.5 Å². The molecule has 0 aromatic carbocycles. The van der Waals surface area contributed by atoms with Crippen LogP contribution in [-0.4, -0.2) is 49.0 Å². The summed E-state index contributed by atoms with van der Waals surface area (Å²) in [6.07, 6.45) is 7.26. The van der Waals surface area contributed by atoms with Crippen LogP contribution in [0.4, 0.5) is 0 Å². The molecule has 24 heavy (non-hydrogen) atoms. The fraction of sp³-hybridized carbons (Fsp3) is 0.556. The van der Waals surface area contributed by atoms with E-state index in [9.17, 15) is 4.79 Å². The molecule has 2 heterocycles. The van der Waals surface area contributed by atoms with Gasteiger partial charge in [0.2, 0.25) is 5.91 Å². The maximum atomic E-state index is 12.0. The first-order valence-corrected chi connectivity index (χ1v) is 8.71. The fourth-order valence-corrected chi connectivity index (χ4v) is 2.99. The van der Waals surface area contributed by atoms with Crippen molar-refractivity contribution in [1.29, 1.82) is 0 Å². The van der Waals surface area contributed by atoms with E-state index < -0.39 is 0 Å². The summed E-state index contributed by atoms with van der Waals surface area (Å²) in [6.45, 7) is 6.65. The predicted octanol–water partition coefficient (Wildman–Crippen LogP) is 1.55. The minimum Gasteiger partial charge on any atom is -0.469 e. The lowest BCUT2D eigenvalue weighted by Gasteiger charge is -2.15. The minimum atomic E-state index is 0.295. The Morgan fingerprint density at radius 3 is 3.04 bits per heavy atom. The molecule has 1 atom stereocenters. The van der Waals surface area contributed by atoms with Gasteiger partial charge >= 0.3 is 0 Å². The average molecular weight is 330 g/mol. The van der Waals surface area contributed by atoms with Crippen LogP contribution in [-0.2, 0) is 11.2 Å². The van der Waals surface area contributed by atoms with E-state index in [2.05, 4.69) is 22.2 Å². The smallest absolute Gasteiger partial charge is 0.223 e. The Bertz CT molecular complexity index is 578. The molecule has 1 unspecified atom stereocenters. The molecular weight excluding hydrogens is 304 g/mol. The standard InChI is InChI=1S/C18H26N4O2/c1-2-8-19-18(20-9-7-16-4-3-10-24-16)21-12-14-11-17(23)22(13-14)15-5-6-15/h2-4,10,14-15H,1,5-9,11-13H2,(H2,19,20,21). The first-order valence-electron chi connectivity index (χ1n) is 8.71. The van der Waals surface area contributed by atoms with Gasteiger partial charge in [0.15, 0.2) is 5.96 Å². The quantitative estimate of drug-likeness (QED) is 0.431. The van der Waals surface area contributed by atoms with E-state index in [1.807, 2.05) is 17.0 Å². The van der Waals surface area contributed by atoms with E-state index in [4.69, 9.17) is 4.42 Å². The molecule has 130 valence electrons. The van der Waals surface area contributed by atoms with Crippen molar-refractivity contribution in [2.75, 3.05) is 26.2 Å². The topological polar surface area (TPSA) is 69.9 Å². The predicted molar refractivity (Wildman–Crippen MR) is 93.8 cm³/mol. The molecule has 1 aromatic rings. The van der Waals surface area contributed by atoms with E-state index in [-0.39, 0.29) is 0 Å². The van der Waals surface area contributed by atoms with E-state index >= 15 is 0 Å². The lowest BCUT2D eigenvalue weighted by Crippen LogP contribution is -2.39. The summed E-state index contributed by atoms with van der Waals surface area (Å²) < 4.78 is 5.33. The highest BCUT2D eigenvalue weighted by Crippen LogP contribution is 2.32. The molecule has 6 heteroatoms. The van der Waals surface area contributed by atoms with Crippen LogP contribution in [0.1, 0.15) is 25.0 Å². The fourth-order valence-electron chi connectivity index (χ4n) is 2.99. The maximum Gasteiger partial charge on any atom is 0.223 e. The number of likely N-dealkylation sites (tertiary alicyclic amines) is 1. The molecule has 1 saturated carbocycles. The van der Waals surface area contributed by atoms with Gasteiger partial charge in [-0.15, -0.1) is 6.58 Å². The molecule has 2 aliphatic rings. The van der Waals surface area contributed by atoms with Crippen molar-refractivity contribution in [3.63, 3.8) is 0 Å². The normalized spacial score (nSPS) is 21.2. The largest absolute Gasteiger partial charge is 0.469 e. The highest BCUT2D eigenvalue weighted by Gasteiger charge is 2.39. The SMILES string of the molecule is C=CCNC(=NCC1CC(=O)N(C2CC2)C1)NCCc1ccco1. The zero-order chi connectivity index (χ0) is 16.8. The highest BCUT2D eigenvalue weighted by molar-refractivity contribution is 5.81. The third-order valence-electron chi connectivity index (χ3n) is 4.39. The van der Waals surface area contributed by atoms with Gasteiger partial charge in [0, 0.05) is 51.0 Å². The Morgan fingerprint density at radius 1 is 1.46 bits per heavy atom. The summed E-state index contributed by atoms with van der Waals surface area (Å²) in [6, 6.07) is 4.37. The Kier molecular flexibility index (Phi) is 5.56. The van der Waals surface area contributed by atoms with Crippen molar-refractivity contribution >= 4 is 11.9 Å². The Balaban J connectivity index is 1.47. The van der Waals surface area contributed by atoms with Gasteiger partial charge in [-0.25, -0.2) is 0 Å². The Labute approximate surface area is 143 Å². The first kappa shape index (κ1) is 16.6. The average Bonchev–Trinajstić information content (AvgIpc) is 3.15. The van der Waals surface area contributed by atoms with Crippen LogP contribution < -0.4 is 10.6 Å². The minimum absolute atomic E-state index is 0.295. The monoisotopic (exact) mass is 330 g/mol. The van der Waals surface area contributed by atoms with Crippen LogP contribution in [0.5, 0.6) is 0 Å². The lowest BCUT2D eigenvalue weighted by molar-refractivity contribution is -0.128. The number of furan rings is 1. The second kappa shape index (κ2) is 8.04. The molecule has 1 aliphatic carbocycles. The van der Waals surface area contributed by atoms with Crippen molar-refractivity contribution in [3.8, 4) is 0 Å². The number of hydrogen-bond donors (Lipinski definition) is 2. The van der Waals surface area contributed by atoms with E-state index in [1.54, 1.807) is 12.3 Å². The van der Waals surface area contributed by atoms with Crippen molar-refractivity contribution in [3.05, 3.63) is 36.8 Å². The number of hydrogen-bond acceptors (Lipinski definition) is 3. The van der Waals surface area contributed by atoms with Crippen LogP contribution >= 0.6 is 0 Å². The van der Waals surface area contributed by atoms with Crippen molar-refractivity contribution in [2.24, 2.45) is 10.9 Å². The van der Waals surface area contributed by atoms with Gasteiger partial charge in [0.1, 0.15) is 5.76 Å². The third-order valence-corrected chi connectivity index (χ3v) is 4.39. The molecule has 0 bridgehead atoms. The molecule has 1 amide bonds. The van der Waals surface area contributed by atoms with Crippen LogP contribution in [0.25, 0.3) is 0 Å². The molecular formula is C18H26N4O2. The Hall–Kier alpha value is -2.24. The number of guanidine groups is 1. The number of aliphatic imine (C=N–C) groups is 1. The number of amides is 1. The second-order valence-electron chi connectivity index (χ2n) is 6.46. The Morgan fingerprint density at radius 2 is 2.33 bits per heavy atom. The molecule has 6 nitrogen and oxygen atoms in total. The molecule has 3 rings (SSSR count). The number of carbonyl (C=O) groups is 1. The lowest BCUT2D eigenvalue weighted by atomic mass is 10.1. The van der Waals surface area contributed by atoms with Crippen LogP contribution in [0.2, 0.25) is 0 Å². The third kappa shape index (κ3) is 4.63. The summed E-state index contributed by atoms with van der Waals surface area (Å²) in [5.41, 5.74) is 0. The number of carbonyl (C=O) groups excluding carboxylic acids is 1. The first-order chi connectivity index (χ1) is 11.8. The summed E-state index contributed by atoms with van der Waals surface area (Å²) >= 11 is 0. The number of nitrogens with zero attached hydrogens (tertiary/aromatic N) is 2. The van der Waals surface area contributed by atoms with Crippen LogP contribution in [0.3, 0.4) is 0 Å². The number of nitrogens with one attached hydrogen (secondary N) is 2. The second-order valence-corrected chi connectivity index (χ2v) is 6.46. The molecule has 2 fully saturated rings. The van der Waals surface area contributed by atoms with E-state index in [1.165, 1.54) is 12.8 Å². The van der Waals surface area contributed by atoms with Crippen molar-refractivity contribution in [1.82, 2.24) is 15.5 Å². The van der Waals surface area contributed by atoms with E-state index in [0.29, 0.717) is 37.4 Å². The van der Waals surface area contributed by atoms with Gasteiger partial charge < -0.3 is 20.0 Å². The van der Waals surface area contributed by atoms with Gasteiger partial charge in [-0.3, -0.25) is 9.79 Å². The molecule has 0 radical (unpaired) electrons. The van der Waals surface area contributed by atoms with Crippen molar-refractivity contribution < 1.29 is 9.21 Å². The zero-order valence-corrected chi connectivity index (χ0v) is 14.0. The maximum absolute atomic E-state index is 12.0. The van der Waals surface area contributed by atoms with Gasteiger partial charge in [-0.05, 0) is 25.0 Å². The summed E-state index contributed by atoms with van der Waals surface area (Å²) in [4.78, 5) is 18.7. The molecule has 1 aromatic heterocycles. The van der Waals surface area contributed by atoms with Gasteiger partial charge in [0.25, 0.3) is 0 Å². The summed E-state index contributed by atoms with van der Waals surface area (Å²) in [7, 11) is 0. The van der Waals surface area contributed by atoms with Gasteiger partial charge in [-0.1, -0.05) is 6.08 Å². The molecule has 0 spiro atoms. The molecule has 1 saturated heterocycles. The van der Waals surface area contributed by atoms with Crippen LogP contribution in [0, 0.1) is 5.92 Å². The molecule has 1 aliphatic heterocycles. The molecule has 2 N–H and O–H groups in total. The van der Waals surface area contributed by atoms with Gasteiger partial charge in [-0.2, -0.15) is 0 Å². The van der Waals surface area contributed by atoms with Crippen molar-refractivity contribution in [2.45, 2.75) is 31.7 Å². The summed E-state index contributed by atoms with van der Waals surface area (Å²) in [5.74, 6) is 2.33. The summed E-state index contributed by atoms with van der Waals surface area (Å²) in [5, 5.41) is 6.53. The van der Waals surface area contributed by atoms with Gasteiger partial charge in [0.05, 0.1) is 6.26 Å². The van der Waals surface area contributed by atoms with E-state index in [0.717, 1.165) is 31.2 Å². The zero-order valence-electron chi connectivity index (χ0n) is 14.0.